The molecule has 2 aromatic rings. The van der Waals surface area contributed by atoms with Gasteiger partial charge in [0.25, 0.3) is 0 Å². The third-order valence-corrected chi connectivity index (χ3v) is 3.96. The zero-order valence-corrected chi connectivity index (χ0v) is 10.7. The van der Waals surface area contributed by atoms with Gasteiger partial charge in [-0.1, -0.05) is 23.9 Å². The molecule has 0 aliphatic carbocycles. The Balaban J connectivity index is 2.30. The smallest absolute Gasteiger partial charge is 0.126 e. The molecule has 16 heavy (non-hydrogen) atoms. The Morgan fingerprint density at radius 1 is 1.12 bits per heavy atom. The largest absolute Gasteiger partial charge is 0.399 e. The highest BCUT2D eigenvalue weighted by atomic mass is 79.9. The number of anilines is 1. The summed E-state index contributed by atoms with van der Waals surface area (Å²) in [6.45, 7) is 0. The predicted molar refractivity (Wildman–Crippen MR) is 69.1 cm³/mol. The van der Waals surface area contributed by atoms with Crippen LogP contribution in [0.25, 0.3) is 0 Å². The molecule has 0 spiro atoms. The highest BCUT2D eigenvalue weighted by Gasteiger charge is 2.03. The average molecular weight is 298 g/mol. The second-order valence-electron chi connectivity index (χ2n) is 3.25. The molecule has 0 saturated carbocycles. The second kappa shape index (κ2) is 4.89. The second-order valence-corrected chi connectivity index (χ2v) is 5.22. The zero-order chi connectivity index (χ0) is 11.5. The summed E-state index contributed by atoms with van der Waals surface area (Å²) in [4.78, 5) is 1.83. The summed E-state index contributed by atoms with van der Waals surface area (Å²) in [6.07, 6.45) is 0. The summed E-state index contributed by atoms with van der Waals surface area (Å²) >= 11 is 4.92. The Morgan fingerprint density at radius 2 is 1.88 bits per heavy atom. The van der Waals surface area contributed by atoms with Crippen molar-refractivity contribution in [1.82, 2.24) is 0 Å². The lowest BCUT2D eigenvalue weighted by Crippen LogP contribution is -1.87. The van der Waals surface area contributed by atoms with E-state index in [1.54, 1.807) is 6.07 Å². The lowest BCUT2D eigenvalue weighted by Gasteiger charge is -2.05. The van der Waals surface area contributed by atoms with Crippen molar-refractivity contribution in [3.05, 3.63) is 52.8 Å². The summed E-state index contributed by atoms with van der Waals surface area (Å²) < 4.78 is 14.1. The Bertz CT molecular complexity index is 496. The standard InChI is InChI=1S/C12H9BrFNS/c13-11-3-1-2-4-12(11)16-10-6-8(14)5-9(15)7-10/h1-7H,15H2. The average Bonchev–Trinajstić information content (AvgIpc) is 2.20. The van der Waals surface area contributed by atoms with E-state index in [2.05, 4.69) is 15.9 Å². The van der Waals surface area contributed by atoms with Crippen molar-refractivity contribution < 1.29 is 4.39 Å². The highest BCUT2D eigenvalue weighted by Crippen LogP contribution is 2.34. The van der Waals surface area contributed by atoms with Crippen LogP contribution in [0.4, 0.5) is 10.1 Å². The number of benzene rings is 2. The fourth-order valence-corrected chi connectivity index (χ4v) is 2.76. The molecule has 0 aliphatic heterocycles. The van der Waals surface area contributed by atoms with Gasteiger partial charge in [-0.05, 0) is 46.3 Å². The number of hydrogen-bond donors (Lipinski definition) is 1. The fraction of sp³-hybridized carbons (Fsp3) is 0. The van der Waals surface area contributed by atoms with E-state index in [0.29, 0.717) is 5.69 Å². The number of nitrogens with two attached hydrogens (primary N) is 1. The molecule has 0 atom stereocenters. The first-order valence-electron chi connectivity index (χ1n) is 4.63. The van der Waals surface area contributed by atoms with Gasteiger partial charge in [0, 0.05) is 20.0 Å². The van der Waals surface area contributed by atoms with E-state index in [1.165, 1.54) is 23.9 Å². The van der Waals surface area contributed by atoms with Gasteiger partial charge in [-0.2, -0.15) is 0 Å². The molecule has 0 unspecified atom stereocenters. The van der Waals surface area contributed by atoms with Crippen LogP contribution in [-0.2, 0) is 0 Å². The van der Waals surface area contributed by atoms with Crippen LogP contribution in [0, 0.1) is 5.82 Å². The summed E-state index contributed by atoms with van der Waals surface area (Å²) in [5.74, 6) is -0.311. The zero-order valence-electron chi connectivity index (χ0n) is 8.28. The summed E-state index contributed by atoms with van der Waals surface area (Å²) in [5, 5.41) is 0. The summed E-state index contributed by atoms with van der Waals surface area (Å²) in [5.41, 5.74) is 6.03. The third-order valence-electron chi connectivity index (χ3n) is 1.96. The Morgan fingerprint density at radius 3 is 2.56 bits per heavy atom. The molecule has 0 fully saturated rings. The summed E-state index contributed by atoms with van der Waals surface area (Å²) in [7, 11) is 0. The quantitative estimate of drug-likeness (QED) is 0.836. The van der Waals surface area contributed by atoms with Crippen LogP contribution in [0.5, 0.6) is 0 Å². The van der Waals surface area contributed by atoms with Crippen LogP contribution >= 0.6 is 27.7 Å². The topological polar surface area (TPSA) is 26.0 Å². The van der Waals surface area contributed by atoms with Crippen molar-refractivity contribution in [3.63, 3.8) is 0 Å². The molecular formula is C12H9BrFNS. The van der Waals surface area contributed by atoms with E-state index >= 15 is 0 Å². The molecule has 0 radical (unpaired) electrons. The monoisotopic (exact) mass is 297 g/mol. The van der Waals surface area contributed by atoms with Crippen LogP contribution in [0.3, 0.4) is 0 Å². The van der Waals surface area contributed by atoms with Crippen molar-refractivity contribution in [2.75, 3.05) is 5.73 Å². The molecule has 0 saturated heterocycles. The molecule has 0 aliphatic rings. The van der Waals surface area contributed by atoms with Gasteiger partial charge in [0.1, 0.15) is 5.82 Å². The number of nitrogen functional groups attached to an aromatic ring is 1. The van der Waals surface area contributed by atoms with Crippen molar-refractivity contribution in [2.45, 2.75) is 9.79 Å². The van der Waals surface area contributed by atoms with Gasteiger partial charge in [-0.3, -0.25) is 0 Å². The van der Waals surface area contributed by atoms with Crippen molar-refractivity contribution >= 4 is 33.4 Å². The molecule has 0 heterocycles. The van der Waals surface area contributed by atoms with Gasteiger partial charge in [-0.15, -0.1) is 0 Å². The summed E-state index contributed by atoms with van der Waals surface area (Å²) in [6, 6.07) is 12.3. The third kappa shape index (κ3) is 2.77. The Kier molecular flexibility index (Phi) is 3.51. The van der Waals surface area contributed by atoms with Crippen LogP contribution in [0.2, 0.25) is 0 Å². The Labute approximate surface area is 106 Å². The van der Waals surface area contributed by atoms with Crippen molar-refractivity contribution in [3.8, 4) is 0 Å². The van der Waals surface area contributed by atoms with E-state index in [9.17, 15) is 4.39 Å². The van der Waals surface area contributed by atoms with Crippen molar-refractivity contribution in [1.29, 1.82) is 0 Å². The molecule has 2 N–H and O–H groups in total. The minimum absolute atomic E-state index is 0.311. The lowest BCUT2D eigenvalue weighted by molar-refractivity contribution is 0.625. The maximum Gasteiger partial charge on any atom is 0.126 e. The van der Waals surface area contributed by atoms with Gasteiger partial charge in [-0.25, -0.2) is 4.39 Å². The van der Waals surface area contributed by atoms with Crippen LogP contribution in [0.1, 0.15) is 0 Å². The predicted octanol–water partition coefficient (Wildman–Crippen LogP) is 4.32. The van der Waals surface area contributed by atoms with Crippen LogP contribution < -0.4 is 5.73 Å². The van der Waals surface area contributed by atoms with Gasteiger partial charge < -0.3 is 5.73 Å². The van der Waals surface area contributed by atoms with E-state index in [-0.39, 0.29) is 5.82 Å². The minimum Gasteiger partial charge on any atom is -0.399 e. The molecule has 2 rings (SSSR count). The SMILES string of the molecule is Nc1cc(F)cc(Sc2ccccc2Br)c1. The van der Waals surface area contributed by atoms with Crippen LogP contribution in [-0.4, -0.2) is 0 Å². The van der Waals surface area contributed by atoms with Crippen molar-refractivity contribution in [2.24, 2.45) is 0 Å². The highest BCUT2D eigenvalue weighted by molar-refractivity contribution is 9.10. The van der Waals surface area contributed by atoms with E-state index in [1.807, 2.05) is 24.3 Å². The normalized spacial score (nSPS) is 10.4. The molecule has 0 bridgehead atoms. The van der Waals surface area contributed by atoms with Gasteiger partial charge in [0.2, 0.25) is 0 Å². The first kappa shape index (κ1) is 11.5. The van der Waals surface area contributed by atoms with Gasteiger partial charge in [0.15, 0.2) is 0 Å². The van der Waals surface area contributed by atoms with E-state index < -0.39 is 0 Å². The molecule has 2 aromatic carbocycles. The van der Waals surface area contributed by atoms with Gasteiger partial charge in [0.05, 0.1) is 0 Å². The van der Waals surface area contributed by atoms with E-state index in [0.717, 1.165) is 14.3 Å². The van der Waals surface area contributed by atoms with Crippen LogP contribution in [0.15, 0.2) is 56.7 Å². The minimum atomic E-state index is -0.311. The molecular weight excluding hydrogens is 289 g/mol. The first-order valence-corrected chi connectivity index (χ1v) is 6.24. The molecule has 0 amide bonds. The first-order chi connectivity index (χ1) is 7.65. The fourth-order valence-electron chi connectivity index (χ4n) is 1.30. The maximum atomic E-state index is 13.1. The maximum absolute atomic E-state index is 13.1. The number of halogens is 2. The molecule has 4 heteroatoms. The lowest BCUT2D eigenvalue weighted by atomic mass is 10.3. The Hall–Kier alpha value is -1.00. The molecule has 0 aromatic heterocycles. The van der Waals surface area contributed by atoms with E-state index in [4.69, 9.17) is 5.73 Å². The molecule has 1 nitrogen and oxygen atoms in total. The van der Waals surface area contributed by atoms with Gasteiger partial charge >= 0.3 is 0 Å². The number of hydrogen-bond acceptors (Lipinski definition) is 2. The molecule has 82 valence electrons. The number of rotatable bonds is 2.